The van der Waals surface area contributed by atoms with E-state index >= 15 is 0 Å². The number of carbonyl (C=O) groups is 1. The van der Waals surface area contributed by atoms with Crippen LogP contribution in [-0.4, -0.2) is 10.9 Å². The van der Waals surface area contributed by atoms with Crippen molar-refractivity contribution in [2.24, 2.45) is 5.92 Å². The molecule has 0 fully saturated rings. The van der Waals surface area contributed by atoms with Gasteiger partial charge in [0.25, 0.3) is 0 Å². The third-order valence-corrected chi connectivity index (χ3v) is 5.31. The van der Waals surface area contributed by atoms with Crippen LogP contribution in [0.25, 0.3) is 11.1 Å². The van der Waals surface area contributed by atoms with E-state index in [1.54, 1.807) is 19.1 Å². The summed E-state index contributed by atoms with van der Waals surface area (Å²) in [5.74, 6) is -1.19. The maximum absolute atomic E-state index is 13.5. The fraction of sp³-hybridized carbons (Fsp3) is 0.125. The Morgan fingerprint density at radius 2 is 1.33 bits per heavy atom. The van der Waals surface area contributed by atoms with Crippen molar-refractivity contribution in [3.05, 3.63) is 107 Å². The lowest BCUT2D eigenvalue weighted by Crippen LogP contribution is -2.33. The SMILES string of the molecule is CC1C(=O)C(c2ccccc2)=C(c2ccccc2)C1(O)c1ccc(F)cc1. The van der Waals surface area contributed by atoms with E-state index in [-0.39, 0.29) is 11.6 Å². The number of rotatable bonds is 3. The zero-order valence-electron chi connectivity index (χ0n) is 14.9. The molecule has 3 heteroatoms. The van der Waals surface area contributed by atoms with Gasteiger partial charge in [0, 0.05) is 11.1 Å². The Morgan fingerprint density at radius 3 is 1.89 bits per heavy atom. The van der Waals surface area contributed by atoms with Crippen molar-refractivity contribution in [1.29, 1.82) is 0 Å². The first-order valence-electron chi connectivity index (χ1n) is 8.91. The summed E-state index contributed by atoms with van der Waals surface area (Å²) >= 11 is 0. The Hall–Kier alpha value is -3.04. The second-order valence-corrected chi connectivity index (χ2v) is 6.84. The molecule has 1 N–H and O–H groups in total. The summed E-state index contributed by atoms with van der Waals surface area (Å²) in [6.07, 6.45) is 0. The molecule has 2 unspecified atom stereocenters. The topological polar surface area (TPSA) is 37.3 Å². The third kappa shape index (κ3) is 2.71. The third-order valence-electron chi connectivity index (χ3n) is 5.31. The minimum absolute atomic E-state index is 0.119. The van der Waals surface area contributed by atoms with Crippen molar-refractivity contribution in [3.63, 3.8) is 0 Å². The molecule has 0 bridgehead atoms. The molecule has 3 aromatic rings. The van der Waals surface area contributed by atoms with Gasteiger partial charge in [-0.15, -0.1) is 0 Å². The van der Waals surface area contributed by atoms with Crippen molar-refractivity contribution in [3.8, 4) is 0 Å². The highest BCUT2D eigenvalue weighted by Crippen LogP contribution is 2.52. The molecule has 0 spiro atoms. The Morgan fingerprint density at radius 1 is 0.815 bits per heavy atom. The normalized spacial score (nSPS) is 22.3. The molecule has 0 radical (unpaired) electrons. The maximum atomic E-state index is 13.5. The van der Waals surface area contributed by atoms with Gasteiger partial charge in [0.2, 0.25) is 0 Å². The van der Waals surface area contributed by atoms with E-state index in [0.29, 0.717) is 16.7 Å². The standard InChI is InChI=1S/C24H19FO2/c1-16-23(26)21(17-8-4-2-5-9-17)22(18-10-6-3-7-11-18)24(16,27)19-12-14-20(25)15-13-19/h2-16,27H,1H3. The average Bonchev–Trinajstić information content (AvgIpc) is 2.92. The van der Waals surface area contributed by atoms with Crippen molar-refractivity contribution in [1.82, 2.24) is 0 Å². The number of Topliss-reactive ketones (excluding diaryl/α,β-unsaturated/α-hetero) is 1. The van der Waals surface area contributed by atoms with E-state index in [1.165, 1.54) is 12.1 Å². The summed E-state index contributed by atoms with van der Waals surface area (Å²) in [5.41, 5.74) is 1.61. The Labute approximate surface area is 157 Å². The summed E-state index contributed by atoms with van der Waals surface area (Å²) < 4.78 is 13.5. The van der Waals surface area contributed by atoms with Gasteiger partial charge in [-0.25, -0.2) is 4.39 Å². The van der Waals surface area contributed by atoms with E-state index in [2.05, 4.69) is 0 Å². The van der Waals surface area contributed by atoms with Crippen molar-refractivity contribution in [2.45, 2.75) is 12.5 Å². The van der Waals surface area contributed by atoms with Crippen LogP contribution in [0, 0.1) is 11.7 Å². The maximum Gasteiger partial charge on any atom is 0.170 e. The molecule has 0 saturated carbocycles. The molecule has 2 atom stereocenters. The molecule has 0 saturated heterocycles. The Balaban J connectivity index is 2.04. The molecule has 0 aromatic heterocycles. The number of allylic oxidation sites excluding steroid dienone is 1. The molecule has 134 valence electrons. The molecular formula is C24H19FO2. The largest absolute Gasteiger partial charge is 0.380 e. The number of hydrogen-bond acceptors (Lipinski definition) is 2. The lowest BCUT2D eigenvalue weighted by Gasteiger charge is -2.31. The van der Waals surface area contributed by atoms with Gasteiger partial charge in [0.05, 0.1) is 5.92 Å². The molecule has 0 amide bonds. The average molecular weight is 358 g/mol. The van der Waals surface area contributed by atoms with Crippen molar-refractivity contribution >= 4 is 16.9 Å². The number of hydrogen-bond donors (Lipinski definition) is 1. The van der Waals surface area contributed by atoms with Crippen LogP contribution >= 0.6 is 0 Å². The van der Waals surface area contributed by atoms with Gasteiger partial charge in [0.15, 0.2) is 5.78 Å². The van der Waals surface area contributed by atoms with Crippen LogP contribution in [0.4, 0.5) is 4.39 Å². The second-order valence-electron chi connectivity index (χ2n) is 6.84. The molecule has 1 aliphatic carbocycles. The van der Waals surface area contributed by atoms with Gasteiger partial charge in [-0.3, -0.25) is 4.79 Å². The molecular weight excluding hydrogens is 339 g/mol. The fourth-order valence-electron chi connectivity index (χ4n) is 3.90. The number of benzene rings is 3. The van der Waals surface area contributed by atoms with E-state index in [0.717, 1.165) is 11.1 Å². The molecule has 2 nitrogen and oxygen atoms in total. The monoisotopic (exact) mass is 358 g/mol. The summed E-state index contributed by atoms with van der Waals surface area (Å²) in [6.45, 7) is 1.73. The molecule has 4 rings (SSSR count). The van der Waals surface area contributed by atoms with Crippen LogP contribution in [0.3, 0.4) is 0 Å². The first kappa shape index (κ1) is 17.4. The predicted molar refractivity (Wildman–Crippen MR) is 104 cm³/mol. The Kier molecular flexibility index (Phi) is 4.25. The number of ketones is 1. The lowest BCUT2D eigenvalue weighted by atomic mass is 9.78. The zero-order chi connectivity index (χ0) is 19.0. The van der Waals surface area contributed by atoms with Crippen LogP contribution in [0.1, 0.15) is 23.6 Å². The summed E-state index contributed by atoms with van der Waals surface area (Å²) in [6, 6.07) is 24.5. The highest BCUT2D eigenvalue weighted by molar-refractivity contribution is 6.33. The van der Waals surface area contributed by atoms with Crippen molar-refractivity contribution in [2.75, 3.05) is 0 Å². The van der Waals surface area contributed by atoms with E-state index in [4.69, 9.17) is 0 Å². The van der Waals surface area contributed by atoms with Gasteiger partial charge in [-0.1, -0.05) is 79.7 Å². The van der Waals surface area contributed by atoms with Crippen molar-refractivity contribution < 1.29 is 14.3 Å². The predicted octanol–water partition coefficient (Wildman–Crippen LogP) is 4.84. The highest BCUT2D eigenvalue weighted by atomic mass is 19.1. The first-order chi connectivity index (χ1) is 13.0. The molecule has 1 aliphatic rings. The zero-order valence-corrected chi connectivity index (χ0v) is 14.9. The van der Waals surface area contributed by atoms with E-state index in [9.17, 15) is 14.3 Å². The van der Waals surface area contributed by atoms with Crippen LogP contribution < -0.4 is 0 Å². The van der Waals surface area contributed by atoms with E-state index < -0.39 is 11.5 Å². The minimum atomic E-state index is -1.53. The van der Waals surface area contributed by atoms with Gasteiger partial charge in [-0.05, 0) is 28.8 Å². The highest BCUT2D eigenvalue weighted by Gasteiger charge is 2.52. The van der Waals surface area contributed by atoms with Crippen LogP contribution in [0.5, 0.6) is 0 Å². The summed E-state index contributed by atoms with van der Waals surface area (Å²) in [5, 5.41) is 11.8. The molecule has 27 heavy (non-hydrogen) atoms. The van der Waals surface area contributed by atoms with Crippen LogP contribution in [-0.2, 0) is 10.4 Å². The van der Waals surface area contributed by atoms with Gasteiger partial charge in [-0.2, -0.15) is 0 Å². The second kappa shape index (κ2) is 6.60. The minimum Gasteiger partial charge on any atom is -0.380 e. The van der Waals surface area contributed by atoms with E-state index in [1.807, 2.05) is 60.7 Å². The molecule has 0 aliphatic heterocycles. The summed E-state index contributed by atoms with van der Waals surface area (Å²) in [7, 11) is 0. The summed E-state index contributed by atoms with van der Waals surface area (Å²) in [4.78, 5) is 13.3. The first-order valence-corrected chi connectivity index (χ1v) is 8.91. The number of carbonyl (C=O) groups excluding carboxylic acids is 1. The van der Waals surface area contributed by atoms with Gasteiger partial charge >= 0.3 is 0 Å². The molecule has 3 aromatic carbocycles. The number of aliphatic hydroxyl groups is 1. The lowest BCUT2D eigenvalue weighted by molar-refractivity contribution is -0.121. The van der Waals surface area contributed by atoms with Gasteiger partial charge < -0.3 is 5.11 Å². The van der Waals surface area contributed by atoms with Gasteiger partial charge in [0.1, 0.15) is 11.4 Å². The van der Waals surface area contributed by atoms with Crippen LogP contribution in [0.2, 0.25) is 0 Å². The van der Waals surface area contributed by atoms with Crippen LogP contribution in [0.15, 0.2) is 84.9 Å². The smallest absolute Gasteiger partial charge is 0.170 e. The number of halogens is 1. The molecule has 0 heterocycles. The fourth-order valence-corrected chi connectivity index (χ4v) is 3.90. The Bertz CT molecular complexity index is 1010. The quantitative estimate of drug-likeness (QED) is 0.727.